The first-order valence-corrected chi connectivity index (χ1v) is 19.9. The molecule has 0 spiro atoms. The molecule has 1 heterocycles. The summed E-state index contributed by atoms with van der Waals surface area (Å²) in [6, 6.07) is 0. The summed E-state index contributed by atoms with van der Waals surface area (Å²) in [5.41, 5.74) is 0. The van der Waals surface area contributed by atoms with Crippen molar-refractivity contribution in [2.45, 2.75) is 168 Å². The first-order valence-electron chi connectivity index (χ1n) is 19.9. The Hall–Kier alpha value is -1.67. The highest BCUT2D eigenvalue weighted by atomic mass is 16.5. The van der Waals surface area contributed by atoms with Crippen molar-refractivity contribution in [2.75, 3.05) is 66.2 Å². The second kappa shape index (κ2) is 30.4. The van der Waals surface area contributed by atoms with Gasteiger partial charge in [0.05, 0.1) is 33.4 Å². The maximum Gasteiger partial charge on any atom is 0.305 e. The molecule has 0 unspecified atom stereocenters. The van der Waals surface area contributed by atoms with Gasteiger partial charge in [0.15, 0.2) is 6.54 Å². The summed E-state index contributed by atoms with van der Waals surface area (Å²) in [6.45, 7) is 8.72. The molecule has 0 N–H and O–H groups in total. The second-order valence-corrected chi connectivity index (χ2v) is 14.2. The monoisotopic (exact) mass is 668 g/mol. The summed E-state index contributed by atoms with van der Waals surface area (Å²) in [4.78, 5) is 39.7. The van der Waals surface area contributed by atoms with Crippen LogP contribution in [0.25, 0.3) is 0 Å². The zero-order valence-electron chi connectivity index (χ0n) is 31.2. The normalized spacial score (nSPS) is 14.2. The van der Waals surface area contributed by atoms with Gasteiger partial charge in [-0.1, -0.05) is 142 Å². The number of quaternary nitrogens is 1. The van der Waals surface area contributed by atoms with Crippen LogP contribution < -0.4 is 0 Å². The molecule has 0 aromatic rings. The minimum atomic E-state index is -0.195. The van der Waals surface area contributed by atoms with E-state index in [4.69, 9.17) is 14.2 Å². The Balaban J connectivity index is 2.26. The van der Waals surface area contributed by atoms with E-state index in [2.05, 4.69) is 20.9 Å². The molecular formula is C39H75N2O6+. The molecular weight excluding hydrogens is 592 g/mol. The molecule has 8 heteroatoms. The number of amides is 1. The van der Waals surface area contributed by atoms with Gasteiger partial charge in [0, 0.05) is 12.8 Å². The van der Waals surface area contributed by atoms with Gasteiger partial charge in [0.2, 0.25) is 0 Å². The third-order valence-electron chi connectivity index (χ3n) is 9.64. The van der Waals surface area contributed by atoms with E-state index < -0.39 is 0 Å². The number of esters is 2. The van der Waals surface area contributed by atoms with Crippen molar-refractivity contribution in [1.29, 1.82) is 0 Å². The van der Waals surface area contributed by atoms with Crippen LogP contribution in [0.15, 0.2) is 0 Å². The van der Waals surface area contributed by atoms with E-state index in [9.17, 15) is 14.4 Å². The minimum Gasteiger partial charge on any atom is -0.464 e. The van der Waals surface area contributed by atoms with Crippen LogP contribution in [-0.4, -0.2) is 93.4 Å². The van der Waals surface area contributed by atoms with Gasteiger partial charge in [-0.05, 0) is 12.8 Å². The fraction of sp³-hybridized carbons (Fsp3) is 0.923. The van der Waals surface area contributed by atoms with E-state index in [0.29, 0.717) is 50.2 Å². The number of carbonyl (C=O) groups excluding carboxylic acids is 3. The highest BCUT2D eigenvalue weighted by Crippen LogP contribution is 2.14. The Morgan fingerprint density at radius 2 is 0.894 bits per heavy atom. The van der Waals surface area contributed by atoms with E-state index in [1.54, 1.807) is 4.90 Å². The topological polar surface area (TPSA) is 82.1 Å². The van der Waals surface area contributed by atoms with Gasteiger partial charge in [-0.15, -0.1) is 0 Å². The zero-order valence-corrected chi connectivity index (χ0v) is 31.2. The Kier molecular flexibility index (Phi) is 28.0. The summed E-state index contributed by atoms with van der Waals surface area (Å²) in [5.74, 6) is -0.394. The number of carbonyl (C=O) groups is 3. The molecule has 47 heavy (non-hydrogen) atoms. The van der Waals surface area contributed by atoms with Crippen LogP contribution in [0, 0.1) is 0 Å². The van der Waals surface area contributed by atoms with Crippen molar-refractivity contribution >= 4 is 17.8 Å². The summed E-state index contributed by atoms with van der Waals surface area (Å²) in [7, 11) is 2.08. The van der Waals surface area contributed by atoms with Crippen molar-refractivity contribution in [1.82, 2.24) is 4.90 Å². The van der Waals surface area contributed by atoms with Gasteiger partial charge >= 0.3 is 11.9 Å². The number of rotatable bonds is 32. The molecule has 0 aromatic carbocycles. The van der Waals surface area contributed by atoms with Crippen molar-refractivity contribution < 1.29 is 33.1 Å². The SMILES string of the molecule is CCCCCCCCCCCCCC(=O)OCCN(CCOC(=O)CCCCCCCCCCCCC)C(=O)C[N+]1(C)CCOCC1. The van der Waals surface area contributed by atoms with E-state index in [-0.39, 0.29) is 31.1 Å². The Bertz CT molecular complexity index is 727. The van der Waals surface area contributed by atoms with Gasteiger partial charge in [0.25, 0.3) is 5.91 Å². The highest BCUT2D eigenvalue weighted by Gasteiger charge is 2.30. The van der Waals surface area contributed by atoms with Crippen molar-refractivity contribution in [2.24, 2.45) is 0 Å². The molecule has 0 atom stereocenters. The molecule has 1 aliphatic rings. The standard InChI is InChI=1S/C39H75N2O6/c1-4-6-8-10-12-14-16-18-20-22-24-26-38(43)46-32-28-40(37(42)36-41(3)30-34-45-35-31-41)29-33-47-39(44)27-25-23-21-19-17-15-13-11-9-7-5-2/h4-36H2,1-3H3/q+1. The second-order valence-electron chi connectivity index (χ2n) is 14.2. The molecule has 1 aliphatic heterocycles. The highest BCUT2D eigenvalue weighted by molar-refractivity contribution is 5.77. The fourth-order valence-corrected chi connectivity index (χ4v) is 6.28. The number of morpholine rings is 1. The largest absolute Gasteiger partial charge is 0.464 e. The van der Waals surface area contributed by atoms with E-state index in [1.165, 1.54) is 116 Å². The van der Waals surface area contributed by atoms with Gasteiger partial charge in [-0.25, -0.2) is 0 Å². The fourth-order valence-electron chi connectivity index (χ4n) is 6.28. The van der Waals surface area contributed by atoms with Crippen LogP contribution in [0.2, 0.25) is 0 Å². The lowest BCUT2D eigenvalue weighted by Crippen LogP contribution is -2.57. The number of unbranched alkanes of at least 4 members (excludes halogenated alkanes) is 20. The molecule has 1 saturated heterocycles. The maximum absolute atomic E-state index is 13.3. The Labute approximate surface area is 289 Å². The quantitative estimate of drug-likeness (QED) is 0.0405. The van der Waals surface area contributed by atoms with Crippen LogP contribution >= 0.6 is 0 Å². The molecule has 1 rings (SSSR count). The molecule has 0 radical (unpaired) electrons. The van der Waals surface area contributed by atoms with Crippen LogP contribution in [0.4, 0.5) is 0 Å². The lowest BCUT2D eigenvalue weighted by atomic mass is 10.1. The molecule has 0 aromatic heterocycles. The van der Waals surface area contributed by atoms with Crippen molar-refractivity contribution in [3.8, 4) is 0 Å². The average molecular weight is 668 g/mol. The smallest absolute Gasteiger partial charge is 0.305 e. The molecule has 0 saturated carbocycles. The Morgan fingerprint density at radius 1 is 0.553 bits per heavy atom. The van der Waals surface area contributed by atoms with Gasteiger partial charge < -0.3 is 23.6 Å². The lowest BCUT2D eigenvalue weighted by Gasteiger charge is -2.38. The van der Waals surface area contributed by atoms with Crippen molar-refractivity contribution in [3.63, 3.8) is 0 Å². The first kappa shape index (κ1) is 43.4. The molecule has 0 aliphatic carbocycles. The summed E-state index contributed by atoms with van der Waals surface area (Å²) in [5, 5.41) is 0. The van der Waals surface area contributed by atoms with Crippen LogP contribution in [0.3, 0.4) is 0 Å². The van der Waals surface area contributed by atoms with Crippen molar-refractivity contribution in [3.05, 3.63) is 0 Å². The summed E-state index contributed by atoms with van der Waals surface area (Å²) < 4.78 is 17.2. The number of likely N-dealkylation sites (N-methyl/N-ethyl adjacent to an activating group) is 1. The van der Waals surface area contributed by atoms with Gasteiger partial charge in [-0.2, -0.15) is 0 Å². The van der Waals surface area contributed by atoms with E-state index >= 15 is 0 Å². The number of hydrogen-bond acceptors (Lipinski definition) is 6. The third kappa shape index (κ3) is 25.9. The van der Waals surface area contributed by atoms with Crippen LogP contribution in [-0.2, 0) is 28.6 Å². The Morgan fingerprint density at radius 3 is 1.26 bits per heavy atom. The van der Waals surface area contributed by atoms with Crippen LogP contribution in [0.5, 0.6) is 0 Å². The predicted molar refractivity (Wildman–Crippen MR) is 192 cm³/mol. The minimum absolute atomic E-state index is 0.00257. The van der Waals surface area contributed by atoms with Crippen LogP contribution in [0.1, 0.15) is 168 Å². The summed E-state index contributed by atoms with van der Waals surface area (Å²) >= 11 is 0. The van der Waals surface area contributed by atoms with Gasteiger partial charge in [-0.3, -0.25) is 14.4 Å². The lowest BCUT2D eigenvalue weighted by molar-refractivity contribution is -0.909. The maximum atomic E-state index is 13.3. The third-order valence-corrected chi connectivity index (χ3v) is 9.64. The summed E-state index contributed by atoms with van der Waals surface area (Å²) in [6.07, 6.45) is 28.2. The zero-order chi connectivity index (χ0) is 34.3. The first-order chi connectivity index (χ1) is 22.9. The molecule has 1 fully saturated rings. The molecule has 1 amide bonds. The average Bonchev–Trinajstić information content (AvgIpc) is 3.05. The van der Waals surface area contributed by atoms with E-state index in [0.717, 1.165) is 38.8 Å². The van der Waals surface area contributed by atoms with Gasteiger partial charge in [0.1, 0.15) is 26.3 Å². The predicted octanol–water partition coefficient (Wildman–Crippen LogP) is 8.78. The van der Waals surface area contributed by atoms with E-state index in [1.807, 2.05) is 0 Å². The molecule has 8 nitrogen and oxygen atoms in total. The number of hydrogen-bond donors (Lipinski definition) is 0. The molecule has 0 bridgehead atoms. The number of nitrogens with zero attached hydrogens (tertiary/aromatic N) is 2. The number of ether oxygens (including phenoxy) is 3. The molecule has 276 valence electrons.